The summed E-state index contributed by atoms with van der Waals surface area (Å²) in [5.74, 6) is -1.10. The van der Waals surface area contributed by atoms with Crippen molar-refractivity contribution in [2.45, 2.75) is 32.8 Å². The Labute approximate surface area is 183 Å². The number of hydrogen-bond donors (Lipinski definition) is 0. The Bertz CT molecular complexity index is 1300. The molecular weight excluding hydrogens is 416 g/mol. The Morgan fingerprint density at radius 3 is 2.72 bits per heavy atom. The van der Waals surface area contributed by atoms with E-state index in [1.165, 1.54) is 10.5 Å². The van der Waals surface area contributed by atoms with Crippen molar-refractivity contribution in [2.75, 3.05) is 19.8 Å². The molecule has 0 N–H and O–H groups in total. The molecule has 5 rings (SSSR count). The van der Waals surface area contributed by atoms with Gasteiger partial charge in [0.15, 0.2) is 5.82 Å². The predicted molar refractivity (Wildman–Crippen MR) is 115 cm³/mol. The Hall–Kier alpha value is -2.97. The summed E-state index contributed by atoms with van der Waals surface area (Å²) in [5, 5.41) is 0. The van der Waals surface area contributed by atoms with Gasteiger partial charge in [0, 0.05) is 35.9 Å². The van der Waals surface area contributed by atoms with Gasteiger partial charge in [0.1, 0.15) is 17.3 Å². The third-order valence-corrected chi connectivity index (χ3v) is 6.26. The lowest BCUT2D eigenvalue weighted by Gasteiger charge is -2.26. The highest BCUT2D eigenvalue weighted by molar-refractivity contribution is 5.70. The number of benzene rings is 1. The summed E-state index contributed by atoms with van der Waals surface area (Å²) in [7, 11) is 0. The Balaban J connectivity index is 1.73. The average molecular weight is 439 g/mol. The van der Waals surface area contributed by atoms with E-state index in [-0.39, 0.29) is 29.0 Å². The number of fused-ring (bicyclic) bond motifs is 1. The van der Waals surface area contributed by atoms with Crippen LogP contribution >= 0.6 is 0 Å². The first-order valence-electron chi connectivity index (χ1n) is 10.7. The minimum absolute atomic E-state index is 0.0406. The van der Waals surface area contributed by atoms with E-state index in [1.54, 1.807) is 19.9 Å². The van der Waals surface area contributed by atoms with Crippen molar-refractivity contribution in [1.82, 2.24) is 14.4 Å². The SMILES string of the molecule is Cc1nc2cc(C3=CC(C4CCOC4)OCC3)nc(-c3ccc(F)cc3F)n2c(=O)c1C. The average Bonchev–Trinajstić information content (AvgIpc) is 3.32. The molecule has 1 saturated heterocycles. The second-order valence-corrected chi connectivity index (χ2v) is 8.31. The molecule has 2 aromatic heterocycles. The fraction of sp³-hybridized carbons (Fsp3) is 0.375. The fourth-order valence-electron chi connectivity index (χ4n) is 4.30. The molecule has 0 radical (unpaired) electrons. The lowest BCUT2D eigenvalue weighted by Crippen LogP contribution is -2.27. The molecule has 0 spiro atoms. The van der Waals surface area contributed by atoms with Gasteiger partial charge in [-0.25, -0.2) is 23.1 Å². The highest BCUT2D eigenvalue weighted by atomic mass is 19.1. The molecule has 0 amide bonds. The molecular formula is C24H23F2N3O3. The van der Waals surface area contributed by atoms with Crippen LogP contribution in [0.5, 0.6) is 0 Å². The first-order valence-corrected chi connectivity index (χ1v) is 10.7. The van der Waals surface area contributed by atoms with E-state index in [0.717, 1.165) is 30.7 Å². The van der Waals surface area contributed by atoms with Gasteiger partial charge >= 0.3 is 0 Å². The molecule has 4 heterocycles. The molecule has 1 fully saturated rings. The third-order valence-electron chi connectivity index (χ3n) is 6.26. The van der Waals surface area contributed by atoms with Crippen LogP contribution in [-0.4, -0.2) is 40.3 Å². The van der Waals surface area contributed by atoms with Crippen molar-refractivity contribution < 1.29 is 18.3 Å². The van der Waals surface area contributed by atoms with Gasteiger partial charge in [-0.05, 0) is 44.4 Å². The maximum Gasteiger partial charge on any atom is 0.262 e. The van der Waals surface area contributed by atoms with Crippen LogP contribution in [0.2, 0.25) is 0 Å². The molecule has 32 heavy (non-hydrogen) atoms. The number of aryl methyl sites for hydroxylation is 1. The van der Waals surface area contributed by atoms with E-state index in [0.29, 0.717) is 42.2 Å². The summed E-state index contributed by atoms with van der Waals surface area (Å²) in [4.78, 5) is 22.3. The van der Waals surface area contributed by atoms with E-state index in [1.807, 2.05) is 6.08 Å². The summed E-state index contributed by atoms with van der Waals surface area (Å²) < 4.78 is 41.1. The maximum atomic E-state index is 14.8. The number of rotatable bonds is 3. The minimum atomic E-state index is -0.789. The second-order valence-electron chi connectivity index (χ2n) is 8.31. The Morgan fingerprint density at radius 1 is 1.12 bits per heavy atom. The molecule has 2 atom stereocenters. The van der Waals surface area contributed by atoms with Crippen LogP contribution in [0.4, 0.5) is 8.78 Å². The van der Waals surface area contributed by atoms with E-state index in [2.05, 4.69) is 9.97 Å². The maximum absolute atomic E-state index is 14.8. The number of aromatic nitrogens is 3. The van der Waals surface area contributed by atoms with Crippen LogP contribution in [0, 0.1) is 31.4 Å². The molecule has 8 heteroatoms. The number of nitrogens with zero attached hydrogens (tertiary/aromatic N) is 3. The molecule has 0 saturated carbocycles. The number of halogens is 2. The normalized spacial score (nSPS) is 21.2. The number of ether oxygens (including phenoxy) is 2. The van der Waals surface area contributed by atoms with Crippen LogP contribution in [0.25, 0.3) is 22.6 Å². The lowest BCUT2D eigenvalue weighted by molar-refractivity contribution is 0.0368. The molecule has 6 nitrogen and oxygen atoms in total. The highest BCUT2D eigenvalue weighted by Crippen LogP contribution is 2.31. The van der Waals surface area contributed by atoms with Gasteiger partial charge < -0.3 is 9.47 Å². The van der Waals surface area contributed by atoms with Crippen molar-refractivity contribution in [1.29, 1.82) is 0 Å². The van der Waals surface area contributed by atoms with Gasteiger partial charge in [-0.3, -0.25) is 4.79 Å². The minimum Gasteiger partial charge on any atom is -0.381 e. The summed E-state index contributed by atoms with van der Waals surface area (Å²) >= 11 is 0. The molecule has 0 bridgehead atoms. The molecule has 3 aromatic rings. The Morgan fingerprint density at radius 2 is 1.97 bits per heavy atom. The zero-order valence-electron chi connectivity index (χ0n) is 17.9. The predicted octanol–water partition coefficient (Wildman–Crippen LogP) is 3.86. The van der Waals surface area contributed by atoms with Crippen LogP contribution in [-0.2, 0) is 9.47 Å². The summed E-state index contributed by atoms with van der Waals surface area (Å²) in [5.41, 5.74) is 2.69. The first kappa shape index (κ1) is 20.9. The molecule has 166 valence electrons. The van der Waals surface area contributed by atoms with Crippen LogP contribution in [0.1, 0.15) is 29.8 Å². The van der Waals surface area contributed by atoms with E-state index >= 15 is 0 Å². The van der Waals surface area contributed by atoms with Gasteiger partial charge in [0.05, 0.1) is 30.6 Å². The van der Waals surface area contributed by atoms with Crippen LogP contribution in [0.15, 0.2) is 35.1 Å². The van der Waals surface area contributed by atoms with Gasteiger partial charge in [0.25, 0.3) is 5.56 Å². The summed E-state index contributed by atoms with van der Waals surface area (Å²) in [6.07, 6.45) is 3.53. The zero-order valence-corrected chi connectivity index (χ0v) is 17.9. The van der Waals surface area contributed by atoms with Gasteiger partial charge in [-0.1, -0.05) is 6.08 Å². The van der Waals surface area contributed by atoms with Crippen LogP contribution < -0.4 is 5.56 Å². The molecule has 2 aliphatic heterocycles. The molecule has 2 unspecified atom stereocenters. The van der Waals surface area contributed by atoms with Gasteiger partial charge in [-0.15, -0.1) is 0 Å². The quantitative estimate of drug-likeness (QED) is 0.620. The number of hydrogen-bond acceptors (Lipinski definition) is 5. The second kappa shape index (κ2) is 8.18. The van der Waals surface area contributed by atoms with Crippen molar-refractivity contribution >= 4 is 11.2 Å². The monoisotopic (exact) mass is 439 g/mol. The van der Waals surface area contributed by atoms with E-state index < -0.39 is 11.6 Å². The van der Waals surface area contributed by atoms with Crippen molar-refractivity contribution in [3.05, 3.63) is 69.3 Å². The van der Waals surface area contributed by atoms with E-state index in [9.17, 15) is 13.6 Å². The van der Waals surface area contributed by atoms with Crippen molar-refractivity contribution in [2.24, 2.45) is 5.92 Å². The standard InChI is InChI=1S/C24H23F2N3O3/c1-13-14(2)27-22-11-20(15-6-8-32-21(9-15)16-5-7-31-12-16)28-23(29(22)24(13)30)18-4-3-17(25)10-19(18)26/h3-4,9-11,16,21H,5-8,12H2,1-2H3. The van der Waals surface area contributed by atoms with Gasteiger partial charge in [0.2, 0.25) is 0 Å². The molecule has 1 aromatic carbocycles. The molecule has 2 aliphatic rings. The Kier molecular flexibility index (Phi) is 5.35. The largest absolute Gasteiger partial charge is 0.381 e. The van der Waals surface area contributed by atoms with Gasteiger partial charge in [-0.2, -0.15) is 0 Å². The lowest BCUT2D eigenvalue weighted by atomic mass is 9.95. The van der Waals surface area contributed by atoms with Crippen molar-refractivity contribution in [3.63, 3.8) is 0 Å². The zero-order chi connectivity index (χ0) is 22.4. The van der Waals surface area contributed by atoms with Crippen molar-refractivity contribution in [3.8, 4) is 11.4 Å². The topological polar surface area (TPSA) is 65.7 Å². The van der Waals surface area contributed by atoms with Crippen LogP contribution in [0.3, 0.4) is 0 Å². The van der Waals surface area contributed by atoms with E-state index in [4.69, 9.17) is 9.47 Å². The summed E-state index contributed by atoms with van der Waals surface area (Å²) in [6.45, 7) is 5.35. The first-order chi connectivity index (χ1) is 15.4. The molecule has 0 aliphatic carbocycles. The third kappa shape index (κ3) is 3.63. The highest BCUT2D eigenvalue weighted by Gasteiger charge is 2.28. The smallest absolute Gasteiger partial charge is 0.262 e. The summed E-state index contributed by atoms with van der Waals surface area (Å²) in [6, 6.07) is 4.99. The fourth-order valence-corrected chi connectivity index (χ4v) is 4.30.